The van der Waals surface area contributed by atoms with E-state index in [9.17, 15) is 0 Å². The summed E-state index contributed by atoms with van der Waals surface area (Å²) < 4.78 is 0. The Kier molecular flexibility index (Phi) is 5.73. The maximum Gasteiger partial charge on any atom is 0.0569 e. The molecule has 0 bridgehead atoms. The summed E-state index contributed by atoms with van der Waals surface area (Å²) in [5, 5.41) is 0. The lowest BCUT2D eigenvalue weighted by Gasteiger charge is -2.05. The van der Waals surface area contributed by atoms with Crippen molar-refractivity contribution in [1.82, 2.24) is 4.98 Å². The van der Waals surface area contributed by atoms with Gasteiger partial charge in [0.15, 0.2) is 0 Å². The smallest absolute Gasteiger partial charge is 0.0569 e. The van der Waals surface area contributed by atoms with E-state index in [1.165, 1.54) is 29.9 Å². The number of rotatable bonds is 6. The fourth-order valence-electron chi connectivity index (χ4n) is 1.29. The van der Waals surface area contributed by atoms with E-state index in [4.69, 9.17) is 5.73 Å². The van der Waals surface area contributed by atoms with Crippen molar-refractivity contribution in [2.24, 2.45) is 5.73 Å². The van der Waals surface area contributed by atoms with E-state index in [1.807, 2.05) is 30.9 Å². The Labute approximate surface area is 96.7 Å². The zero-order chi connectivity index (χ0) is 11.1. The van der Waals surface area contributed by atoms with Crippen LogP contribution in [0.3, 0.4) is 0 Å². The van der Waals surface area contributed by atoms with E-state index in [0.29, 0.717) is 0 Å². The van der Waals surface area contributed by atoms with Crippen molar-refractivity contribution in [3.63, 3.8) is 0 Å². The zero-order valence-electron chi connectivity index (χ0n) is 9.57. The van der Waals surface area contributed by atoms with Gasteiger partial charge < -0.3 is 5.73 Å². The topological polar surface area (TPSA) is 38.9 Å². The van der Waals surface area contributed by atoms with Crippen LogP contribution in [0, 0.1) is 0 Å². The molecule has 1 atom stereocenters. The Morgan fingerprint density at radius 2 is 2.20 bits per heavy atom. The van der Waals surface area contributed by atoms with E-state index in [0.717, 1.165) is 5.69 Å². The predicted octanol–water partition coefficient (Wildman–Crippen LogP) is 3.38. The molecule has 2 nitrogen and oxygen atoms in total. The van der Waals surface area contributed by atoms with Crippen molar-refractivity contribution in [2.75, 3.05) is 5.75 Å². The summed E-state index contributed by atoms with van der Waals surface area (Å²) >= 11 is 1.88. The average Bonchev–Trinajstić information content (AvgIpc) is 2.25. The number of pyridine rings is 1. The van der Waals surface area contributed by atoms with Gasteiger partial charge in [-0.2, -0.15) is 0 Å². The van der Waals surface area contributed by atoms with Crippen molar-refractivity contribution < 1.29 is 0 Å². The molecule has 0 saturated carbocycles. The standard InChI is InChI=1S/C12H20N2S/c1-3-4-5-8-15-11-6-7-12(10(2)13)14-9-11/h6-7,9-10H,3-5,8,13H2,1-2H3/t10-/m0/s1. The Bertz CT molecular complexity index is 269. The van der Waals surface area contributed by atoms with Crippen LogP contribution in [0.4, 0.5) is 0 Å². The van der Waals surface area contributed by atoms with Gasteiger partial charge in [0.2, 0.25) is 0 Å². The van der Waals surface area contributed by atoms with Gasteiger partial charge >= 0.3 is 0 Å². The van der Waals surface area contributed by atoms with Crippen molar-refractivity contribution >= 4 is 11.8 Å². The number of unbranched alkanes of at least 4 members (excludes halogenated alkanes) is 2. The van der Waals surface area contributed by atoms with Crippen molar-refractivity contribution in [3.8, 4) is 0 Å². The molecule has 1 rings (SSSR count). The molecule has 0 aromatic carbocycles. The van der Waals surface area contributed by atoms with Crippen molar-refractivity contribution in [2.45, 2.75) is 44.0 Å². The number of nitrogens with zero attached hydrogens (tertiary/aromatic N) is 1. The molecular formula is C12H20N2S. The fourth-order valence-corrected chi connectivity index (χ4v) is 2.16. The maximum atomic E-state index is 5.73. The lowest BCUT2D eigenvalue weighted by atomic mass is 10.2. The second-order valence-electron chi connectivity index (χ2n) is 3.76. The molecule has 3 heteroatoms. The molecule has 1 heterocycles. The molecule has 0 aliphatic rings. The first-order valence-corrected chi connectivity index (χ1v) is 6.57. The molecule has 0 unspecified atom stereocenters. The summed E-state index contributed by atoms with van der Waals surface area (Å²) in [6.07, 6.45) is 5.81. The second kappa shape index (κ2) is 6.85. The lowest BCUT2D eigenvalue weighted by molar-refractivity contribution is 0.774. The van der Waals surface area contributed by atoms with Gasteiger partial charge in [-0.1, -0.05) is 19.8 Å². The molecule has 15 heavy (non-hydrogen) atoms. The molecule has 84 valence electrons. The molecule has 0 aliphatic heterocycles. The van der Waals surface area contributed by atoms with E-state index >= 15 is 0 Å². The van der Waals surface area contributed by atoms with E-state index < -0.39 is 0 Å². The van der Waals surface area contributed by atoms with Crippen LogP contribution >= 0.6 is 11.8 Å². The van der Waals surface area contributed by atoms with Gasteiger partial charge in [0.25, 0.3) is 0 Å². The number of nitrogens with two attached hydrogens (primary N) is 1. The Morgan fingerprint density at radius 1 is 1.40 bits per heavy atom. The van der Waals surface area contributed by atoms with Crippen LogP contribution in [0.25, 0.3) is 0 Å². The van der Waals surface area contributed by atoms with Crippen LogP contribution in [0.5, 0.6) is 0 Å². The van der Waals surface area contributed by atoms with Gasteiger partial charge in [-0.3, -0.25) is 4.98 Å². The third-order valence-electron chi connectivity index (χ3n) is 2.24. The third-order valence-corrected chi connectivity index (χ3v) is 3.31. The zero-order valence-corrected chi connectivity index (χ0v) is 10.4. The van der Waals surface area contributed by atoms with Crippen molar-refractivity contribution in [1.29, 1.82) is 0 Å². The summed E-state index contributed by atoms with van der Waals surface area (Å²) in [6, 6.07) is 4.17. The molecule has 2 N–H and O–H groups in total. The summed E-state index contributed by atoms with van der Waals surface area (Å²) in [4.78, 5) is 5.58. The first-order chi connectivity index (χ1) is 7.24. The number of thioether (sulfide) groups is 1. The summed E-state index contributed by atoms with van der Waals surface area (Å²) in [5.74, 6) is 1.19. The highest BCUT2D eigenvalue weighted by molar-refractivity contribution is 7.99. The summed E-state index contributed by atoms with van der Waals surface area (Å²) in [6.45, 7) is 4.18. The lowest BCUT2D eigenvalue weighted by Crippen LogP contribution is -2.06. The van der Waals surface area contributed by atoms with Gasteiger partial charge in [0.05, 0.1) is 5.69 Å². The van der Waals surface area contributed by atoms with Crippen LogP contribution < -0.4 is 5.73 Å². The highest BCUT2D eigenvalue weighted by Gasteiger charge is 2.00. The number of aromatic nitrogens is 1. The molecule has 0 spiro atoms. The first-order valence-electron chi connectivity index (χ1n) is 5.58. The molecule has 0 aliphatic carbocycles. The van der Waals surface area contributed by atoms with Crippen LogP contribution in [0.1, 0.15) is 44.8 Å². The van der Waals surface area contributed by atoms with Gasteiger partial charge in [-0.25, -0.2) is 0 Å². The SMILES string of the molecule is CCCCCSc1ccc([C@H](C)N)nc1. The quantitative estimate of drug-likeness (QED) is 0.594. The Balaban J connectivity index is 2.36. The predicted molar refractivity (Wildman–Crippen MR) is 67.1 cm³/mol. The van der Waals surface area contributed by atoms with Crippen LogP contribution in [-0.2, 0) is 0 Å². The van der Waals surface area contributed by atoms with E-state index in [1.54, 1.807) is 0 Å². The molecular weight excluding hydrogens is 204 g/mol. The van der Waals surface area contributed by atoms with Gasteiger partial charge in [0, 0.05) is 17.1 Å². The van der Waals surface area contributed by atoms with Crippen LogP contribution in [0.2, 0.25) is 0 Å². The third kappa shape index (κ3) is 4.67. The molecule has 0 fully saturated rings. The van der Waals surface area contributed by atoms with E-state index in [2.05, 4.69) is 18.0 Å². The number of hydrogen-bond donors (Lipinski definition) is 1. The largest absolute Gasteiger partial charge is 0.323 e. The van der Waals surface area contributed by atoms with Crippen molar-refractivity contribution in [3.05, 3.63) is 24.0 Å². The molecule has 0 amide bonds. The minimum absolute atomic E-state index is 0.0316. The van der Waals surface area contributed by atoms with E-state index in [-0.39, 0.29) is 6.04 Å². The molecule has 0 radical (unpaired) electrons. The highest BCUT2D eigenvalue weighted by Crippen LogP contribution is 2.19. The molecule has 0 saturated heterocycles. The highest BCUT2D eigenvalue weighted by atomic mass is 32.2. The monoisotopic (exact) mass is 224 g/mol. The second-order valence-corrected chi connectivity index (χ2v) is 4.93. The van der Waals surface area contributed by atoms with Gasteiger partial charge in [-0.15, -0.1) is 11.8 Å². The Morgan fingerprint density at radius 3 is 2.73 bits per heavy atom. The average molecular weight is 224 g/mol. The molecule has 1 aromatic heterocycles. The molecule has 1 aromatic rings. The van der Waals surface area contributed by atoms with Gasteiger partial charge in [0.1, 0.15) is 0 Å². The maximum absolute atomic E-state index is 5.73. The Hall–Kier alpha value is -0.540. The minimum atomic E-state index is 0.0316. The van der Waals surface area contributed by atoms with Gasteiger partial charge in [-0.05, 0) is 31.2 Å². The fraction of sp³-hybridized carbons (Fsp3) is 0.583. The summed E-state index contributed by atoms with van der Waals surface area (Å²) in [5.41, 5.74) is 6.70. The summed E-state index contributed by atoms with van der Waals surface area (Å²) in [7, 11) is 0. The normalized spacial score (nSPS) is 12.7. The number of hydrogen-bond acceptors (Lipinski definition) is 3. The van der Waals surface area contributed by atoms with Crippen LogP contribution in [-0.4, -0.2) is 10.7 Å². The minimum Gasteiger partial charge on any atom is -0.323 e. The van der Waals surface area contributed by atoms with Crippen LogP contribution in [0.15, 0.2) is 23.2 Å². The first kappa shape index (κ1) is 12.5.